The standard InChI is InChI=1S/C27H46O3/c1-5-26(3,30)14-6-8-19(2)24-12-13-25-21(9-7-15-27(24,25)4)11-10-20-16-22(28)18-23(29)17-20/h10-11,19,22-25,28-30H,5-9,12-18H2,1-4H3/b21-11-/t19?,22-,23-,24?,25?,26?,27-/m1/s1. The molecular formula is C27H46O3. The van der Waals surface area contributed by atoms with Gasteiger partial charge in [-0.3, -0.25) is 0 Å². The van der Waals surface area contributed by atoms with Crippen LogP contribution in [0.5, 0.6) is 0 Å². The molecule has 3 saturated carbocycles. The largest absolute Gasteiger partial charge is 0.393 e. The highest BCUT2D eigenvalue weighted by atomic mass is 16.3. The van der Waals surface area contributed by atoms with Gasteiger partial charge in [-0.15, -0.1) is 0 Å². The van der Waals surface area contributed by atoms with E-state index < -0.39 is 5.60 Å². The second kappa shape index (κ2) is 9.88. The van der Waals surface area contributed by atoms with Gasteiger partial charge in [0.25, 0.3) is 0 Å². The lowest BCUT2D eigenvalue weighted by atomic mass is 9.60. The molecule has 0 spiro atoms. The summed E-state index contributed by atoms with van der Waals surface area (Å²) in [5.74, 6) is 2.19. The van der Waals surface area contributed by atoms with Crippen molar-refractivity contribution < 1.29 is 15.3 Å². The van der Waals surface area contributed by atoms with Gasteiger partial charge >= 0.3 is 0 Å². The quantitative estimate of drug-likeness (QED) is 0.480. The lowest BCUT2D eigenvalue weighted by Crippen LogP contribution is -2.36. The first-order valence-corrected chi connectivity index (χ1v) is 12.6. The predicted octanol–water partition coefficient (Wildman–Crippen LogP) is 5.93. The highest BCUT2D eigenvalue weighted by Crippen LogP contribution is 2.60. The van der Waals surface area contributed by atoms with Gasteiger partial charge in [0.05, 0.1) is 17.8 Å². The van der Waals surface area contributed by atoms with Crippen molar-refractivity contribution in [2.45, 2.75) is 123 Å². The number of hydrogen-bond acceptors (Lipinski definition) is 3. The molecule has 30 heavy (non-hydrogen) atoms. The van der Waals surface area contributed by atoms with E-state index in [1.807, 2.05) is 6.92 Å². The molecule has 172 valence electrons. The molecule has 3 N–H and O–H groups in total. The fourth-order valence-corrected chi connectivity index (χ4v) is 6.93. The monoisotopic (exact) mass is 418 g/mol. The molecule has 0 radical (unpaired) electrons. The first-order chi connectivity index (χ1) is 14.1. The predicted molar refractivity (Wildman–Crippen MR) is 124 cm³/mol. The van der Waals surface area contributed by atoms with Crippen LogP contribution in [-0.2, 0) is 0 Å². The van der Waals surface area contributed by atoms with Crippen molar-refractivity contribution in [3.8, 4) is 0 Å². The van der Waals surface area contributed by atoms with Crippen LogP contribution in [0.2, 0.25) is 0 Å². The molecule has 0 amide bonds. The Hall–Kier alpha value is -0.640. The molecule has 0 aromatic rings. The second-order valence-electron chi connectivity index (χ2n) is 11.3. The van der Waals surface area contributed by atoms with Crippen molar-refractivity contribution in [3.05, 3.63) is 23.3 Å². The van der Waals surface area contributed by atoms with E-state index in [0.717, 1.165) is 25.2 Å². The molecule has 0 aliphatic heterocycles. The minimum absolute atomic E-state index is 0.389. The van der Waals surface area contributed by atoms with Crippen molar-refractivity contribution in [1.29, 1.82) is 0 Å². The van der Waals surface area contributed by atoms with E-state index in [2.05, 4.69) is 32.9 Å². The Balaban J connectivity index is 1.64. The molecule has 3 heteroatoms. The summed E-state index contributed by atoms with van der Waals surface area (Å²) in [6.45, 7) is 9.04. The summed E-state index contributed by atoms with van der Waals surface area (Å²) in [6, 6.07) is 0. The Morgan fingerprint density at radius 1 is 1.17 bits per heavy atom. The zero-order chi connectivity index (χ0) is 21.9. The average Bonchev–Trinajstić information content (AvgIpc) is 3.03. The van der Waals surface area contributed by atoms with Gasteiger partial charge in [-0.1, -0.05) is 56.9 Å². The lowest BCUT2D eigenvalue weighted by Gasteiger charge is -2.44. The normalized spacial score (nSPS) is 38.9. The first kappa shape index (κ1) is 24.0. The van der Waals surface area contributed by atoms with E-state index in [1.54, 1.807) is 5.57 Å². The lowest BCUT2D eigenvalue weighted by molar-refractivity contribution is 0.0393. The molecule has 0 aromatic heterocycles. The number of aliphatic hydroxyl groups excluding tert-OH is 2. The van der Waals surface area contributed by atoms with Gasteiger partial charge in [0.1, 0.15) is 0 Å². The van der Waals surface area contributed by atoms with Gasteiger partial charge in [-0.05, 0) is 94.3 Å². The summed E-state index contributed by atoms with van der Waals surface area (Å²) in [5.41, 5.74) is 2.71. The topological polar surface area (TPSA) is 60.7 Å². The SMILES string of the molecule is CCC(C)(O)CCCC(C)C1CCC2/C(=C\C=C3C[C@@H](O)C[C@H](O)C3)CCC[C@@]21C. The van der Waals surface area contributed by atoms with Gasteiger partial charge in [-0.2, -0.15) is 0 Å². The maximum atomic E-state index is 10.3. The Labute approximate surface area is 184 Å². The van der Waals surface area contributed by atoms with Crippen LogP contribution >= 0.6 is 0 Å². The van der Waals surface area contributed by atoms with E-state index in [9.17, 15) is 15.3 Å². The Morgan fingerprint density at radius 2 is 1.87 bits per heavy atom. The van der Waals surface area contributed by atoms with Crippen molar-refractivity contribution in [2.24, 2.45) is 23.2 Å². The van der Waals surface area contributed by atoms with Crippen molar-refractivity contribution in [1.82, 2.24) is 0 Å². The van der Waals surface area contributed by atoms with E-state index in [0.29, 0.717) is 36.5 Å². The zero-order valence-corrected chi connectivity index (χ0v) is 19.9. The molecule has 0 heterocycles. The number of aliphatic hydroxyl groups is 3. The summed E-state index contributed by atoms with van der Waals surface area (Å²) in [4.78, 5) is 0. The van der Waals surface area contributed by atoms with Crippen molar-refractivity contribution in [3.63, 3.8) is 0 Å². The molecular weight excluding hydrogens is 372 g/mol. The van der Waals surface area contributed by atoms with E-state index in [1.165, 1.54) is 44.1 Å². The Kier molecular flexibility index (Phi) is 7.91. The third kappa shape index (κ3) is 5.58. The molecule has 3 fully saturated rings. The van der Waals surface area contributed by atoms with Crippen LogP contribution in [0, 0.1) is 23.2 Å². The fraction of sp³-hybridized carbons (Fsp3) is 0.852. The van der Waals surface area contributed by atoms with Crippen LogP contribution in [0.25, 0.3) is 0 Å². The molecule has 3 aliphatic rings. The van der Waals surface area contributed by atoms with E-state index >= 15 is 0 Å². The maximum Gasteiger partial charge on any atom is 0.0617 e. The van der Waals surface area contributed by atoms with Gasteiger partial charge in [0, 0.05) is 0 Å². The highest BCUT2D eigenvalue weighted by Gasteiger charge is 2.50. The number of fused-ring (bicyclic) bond motifs is 1. The minimum atomic E-state index is -0.504. The van der Waals surface area contributed by atoms with Gasteiger partial charge in [-0.25, -0.2) is 0 Å². The molecule has 3 rings (SSSR count). The molecule has 7 atom stereocenters. The van der Waals surface area contributed by atoms with E-state index in [-0.39, 0.29) is 12.2 Å². The van der Waals surface area contributed by atoms with Crippen LogP contribution in [0.4, 0.5) is 0 Å². The molecule has 3 nitrogen and oxygen atoms in total. The molecule has 0 bridgehead atoms. The number of allylic oxidation sites excluding steroid dienone is 3. The summed E-state index contributed by atoms with van der Waals surface area (Å²) in [7, 11) is 0. The highest BCUT2D eigenvalue weighted by molar-refractivity contribution is 5.26. The van der Waals surface area contributed by atoms with Crippen LogP contribution in [0.1, 0.15) is 105 Å². The minimum Gasteiger partial charge on any atom is -0.393 e. The number of rotatable bonds is 7. The molecule has 4 unspecified atom stereocenters. The average molecular weight is 419 g/mol. The summed E-state index contributed by atoms with van der Waals surface area (Å²) in [6.07, 6.45) is 16.3. The molecule has 0 saturated heterocycles. The van der Waals surface area contributed by atoms with Gasteiger partial charge in [0.15, 0.2) is 0 Å². The second-order valence-corrected chi connectivity index (χ2v) is 11.3. The van der Waals surface area contributed by atoms with Gasteiger partial charge in [0.2, 0.25) is 0 Å². The third-order valence-electron chi connectivity index (χ3n) is 8.93. The maximum absolute atomic E-state index is 10.3. The first-order valence-electron chi connectivity index (χ1n) is 12.6. The van der Waals surface area contributed by atoms with Crippen molar-refractivity contribution in [2.75, 3.05) is 0 Å². The number of hydrogen-bond donors (Lipinski definition) is 3. The van der Waals surface area contributed by atoms with Crippen molar-refractivity contribution >= 4 is 0 Å². The molecule has 0 aromatic carbocycles. The summed E-state index contributed by atoms with van der Waals surface area (Å²) in [5, 5.41) is 30.3. The van der Waals surface area contributed by atoms with Crippen LogP contribution in [-0.4, -0.2) is 33.1 Å². The van der Waals surface area contributed by atoms with Crippen LogP contribution in [0.15, 0.2) is 23.3 Å². The summed E-state index contributed by atoms with van der Waals surface area (Å²) >= 11 is 0. The smallest absolute Gasteiger partial charge is 0.0617 e. The Morgan fingerprint density at radius 3 is 2.53 bits per heavy atom. The van der Waals surface area contributed by atoms with E-state index in [4.69, 9.17) is 0 Å². The zero-order valence-electron chi connectivity index (χ0n) is 19.9. The van der Waals surface area contributed by atoms with Gasteiger partial charge < -0.3 is 15.3 Å². The fourth-order valence-electron chi connectivity index (χ4n) is 6.93. The Bertz CT molecular complexity index is 622. The van der Waals surface area contributed by atoms with Crippen LogP contribution in [0.3, 0.4) is 0 Å². The summed E-state index contributed by atoms with van der Waals surface area (Å²) < 4.78 is 0. The molecule has 3 aliphatic carbocycles. The third-order valence-corrected chi connectivity index (χ3v) is 8.93. The van der Waals surface area contributed by atoms with Crippen LogP contribution < -0.4 is 0 Å².